The van der Waals surface area contributed by atoms with Gasteiger partial charge in [-0.25, -0.2) is 9.79 Å². The van der Waals surface area contributed by atoms with Crippen LogP contribution in [0.2, 0.25) is 0 Å². The quantitative estimate of drug-likeness (QED) is 0.147. The maximum absolute atomic E-state index is 11.8. The highest BCUT2D eigenvalue weighted by Crippen LogP contribution is 2.12. The van der Waals surface area contributed by atoms with Gasteiger partial charge in [-0.15, -0.1) is 24.0 Å². The molecule has 1 aliphatic heterocycles. The lowest BCUT2D eigenvalue weighted by Crippen LogP contribution is -2.38. The van der Waals surface area contributed by atoms with Crippen LogP contribution in [0.15, 0.2) is 29.3 Å². The number of halogens is 1. The second-order valence-electron chi connectivity index (χ2n) is 7.64. The lowest BCUT2D eigenvalue weighted by atomic mass is 10.2. The Morgan fingerprint density at radius 1 is 1.26 bits per heavy atom. The number of rotatable bonds is 11. The average molecular weight is 547 g/mol. The normalized spacial score (nSPS) is 16.0. The second kappa shape index (κ2) is 16.1. The largest absolute Gasteiger partial charge is 0.379 e. The molecule has 8 nitrogen and oxygen atoms in total. The van der Waals surface area contributed by atoms with Crippen molar-refractivity contribution in [2.24, 2.45) is 4.99 Å². The van der Waals surface area contributed by atoms with E-state index in [-0.39, 0.29) is 42.2 Å². The van der Waals surface area contributed by atoms with E-state index >= 15 is 0 Å². The number of nitrogens with zero attached hydrogens (tertiary/aromatic N) is 1. The first-order valence-corrected chi connectivity index (χ1v) is 10.9. The molecular formula is C22H38IN5O3. The van der Waals surface area contributed by atoms with Gasteiger partial charge in [0.1, 0.15) is 0 Å². The highest BCUT2D eigenvalue weighted by Gasteiger charge is 2.14. The summed E-state index contributed by atoms with van der Waals surface area (Å²) in [5.41, 5.74) is 1.83. The van der Waals surface area contributed by atoms with Gasteiger partial charge in [-0.1, -0.05) is 12.1 Å². The molecule has 31 heavy (non-hydrogen) atoms. The number of urea groups is 1. The lowest BCUT2D eigenvalue weighted by molar-refractivity contribution is 0.0168. The monoisotopic (exact) mass is 547 g/mol. The van der Waals surface area contributed by atoms with Crippen molar-refractivity contribution >= 4 is 41.7 Å². The predicted molar refractivity (Wildman–Crippen MR) is 136 cm³/mol. The average Bonchev–Trinajstić information content (AvgIpc) is 3.22. The van der Waals surface area contributed by atoms with Gasteiger partial charge in [0.2, 0.25) is 0 Å². The zero-order chi connectivity index (χ0) is 21.6. The van der Waals surface area contributed by atoms with Crippen LogP contribution in [-0.4, -0.2) is 57.0 Å². The van der Waals surface area contributed by atoms with Gasteiger partial charge in [-0.05, 0) is 57.7 Å². The van der Waals surface area contributed by atoms with E-state index in [0.717, 1.165) is 56.2 Å². The Morgan fingerprint density at radius 2 is 2.03 bits per heavy atom. The minimum Gasteiger partial charge on any atom is -0.379 e. The maximum atomic E-state index is 11.8. The fraction of sp³-hybridized carbons (Fsp3) is 0.636. The van der Waals surface area contributed by atoms with Crippen molar-refractivity contribution in [2.45, 2.75) is 58.7 Å². The number of guanidine groups is 1. The molecule has 0 saturated carbocycles. The molecule has 1 aromatic rings. The molecule has 1 heterocycles. The highest BCUT2D eigenvalue weighted by atomic mass is 127. The fourth-order valence-electron chi connectivity index (χ4n) is 3.01. The molecule has 9 heteroatoms. The lowest BCUT2D eigenvalue weighted by Gasteiger charge is -2.13. The summed E-state index contributed by atoms with van der Waals surface area (Å²) in [5, 5.41) is 12.2. The molecule has 0 spiro atoms. The standard InChI is InChI=1S/C22H37N5O3.HI/c1-4-23-21(24-12-6-13-29-16-20-7-5-14-30-20)25-15-18-8-10-19(11-9-18)27-22(28)26-17(2)3;/h8-11,17,20H,4-7,12-16H2,1-3H3,(H2,23,24,25)(H2,26,27,28);1H. The molecule has 0 radical (unpaired) electrons. The van der Waals surface area contributed by atoms with Crippen molar-refractivity contribution in [3.05, 3.63) is 29.8 Å². The first kappa shape index (κ1) is 27.4. The number of carbonyl (C=O) groups is 1. The van der Waals surface area contributed by atoms with Gasteiger partial charge in [0.15, 0.2) is 5.96 Å². The third-order valence-electron chi connectivity index (χ3n) is 4.48. The van der Waals surface area contributed by atoms with Crippen molar-refractivity contribution in [1.29, 1.82) is 0 Å². The summed E-state index contributed by atoms with van der Waals surface area (Å²) in [6.07, 6.45) is 3.45. The Labute approximate surface area is 203 Å². The molecule has 2 rings (SSSR count). The van der Waals surface area contributed by atoms with Crippen molar-refractivity contribution in [1.82, 2.24) is 16.0 Å². The number of carbonyl (C=O) groups excluding carboxylic acids is 1. The first-order valence-electron chi connectivity index (χ1n) is 10.9. The first-order chi connectivity index (χ1) is 14.6. The van der Waals surface area contributed by atoms with Crippen LogP contribution in [0, 0.1) is 0 Å². The molecule has 2 amide bonds. The molecule has 1 aromatic carbocycles. The van der Waals surface area contributed by atoms with E-state index in [4.69, 9.17) is 9.47 Å². The van der Waals surface area contributed by atoms with Crippen LogP contribution < -0.4 is 21.3 Å². The summed E-state index contributed by atoms with van der Waals surface area (Å²) < 4.78 is 11.2. The molecule has 0 aromatic heterocycles. The van der Waals surface area contributed by atoms with E-state index in [1.165, 1.54) is 0 Å². The molecule has 4 N–H and O–H groups in total. The summed E-state index contributed by atoms with van der Waals surface area (Å²) in [6.45, 7) is 10.3. The van der Waals surface area contributed by atoms with E-state index < -0.39 is 0 Å². The summed E-state index contributed by atoms with van der Waals surface area (Å²) >= 11 is 0. The minimum absolute atomic E-state index is 0. The zero-order valence-electron chi connectivity index (χ0n) is 18.9. The van der Waals surface area contributed by atoms with Crippen LogP contribution in [-0.2, 0) is 16.0 Å². The number of anilines is 1. The SMILES string of the molecule is CCNC(=NCc1ccc(NC(=O)NC(C)C)cc1)NCCCOCC1CCCO1.I. The summed E-state index contributed by atoms with van der Waals surface area (Å²) in [7, 11) is 0. The van der Waals surface area contributed by atoms with Gasteiger partial charge in [-0.2, -0.15) is 0 Å². The van der Waals surface area contributed by atoms with E-state index in [9.17, 15) is 4.79 Å². The van der Waals surface area contributed by atoms with Crippen LogP contribution in [0.5, 0.6) is 0 Å². The zero-order valence-corrected chi connectivity index (χ0v) is 21.2. The molecule has 1 atom stereocenters. The molecule has 176 valence electrons. The van der Waals surface area contributed by atoms with Gasteiger partial charge in [0.25, 0.3) is 0 Å². The number of benzene rings is 1. The summed E-state index contributed by atoms with van der Waals surface area (Å²) in [5.74, 6) is 0.787. The van der Waals surface area contributed by atoms with Gasteiger partial charge in [-0.3, -0.25) is 0 Å². The third-order valence-corrected chi connectivity index (χ3v) is 4.48. The number of aliphatic imine (C=N–C) groups is 1. The van der Waals surface area contributed by atoms with Crippen LogP contribution >= 0.6 is 24.0 Å². The molecule has 1 unspecified atom stereocenters. The molecule has 0 aliphatic carbocycles. The predicted octanol–water partition coefficient (Wildman–Crippen LogP) is 3.48. The van der Waals surface area contributed by atoms with Crippen molar-refractivity contribution in [2.75, 3.05) is 38.2 Å². The molecule has 0 bridgehead atoms. The van der Waals surface area contributed by atoms with Crippen molar-refractivity contribution < 1.29 is 14.3 Å². The van der Waals surface area contributed by atoms with Crippen LogP contribution in [0.25, 0.3) is 0 Å². The Balaban J connectivity index is 0.00000480. The maximum Gasteiger partial charge on any atom is 0.319 e. The number of hydrogen-bond donors (Lipinski definition) is 4. The Hall–Kier alpha value is -1.59. The Bertz CT molecular complexity index is 649. The van der Waals surface area contributed by atoms with Crippen molar-refractivity contribution in [3.63, 3.8) is 0 Å². The summed E-state index contributed by atoms with van der Waals surface area (Å²) in [6, 6.07) is 7.61. The number of amides is 2. The van der Waals surface area contributed by atoms with Crippen LogP contribution in [0.3, 0.4) is 0 Å². The fourth-order valence-corrected chi connectivity index (χ4v) is 3.01. The van der Waals surface area contributed by atoms with Crippen LogP contribution in [0.4, 0.5) is 10.5 Å². The Morgan fingerprint density at radius 3 is 2.68 bits per heavy atom. The molecule has 1 fully saturated rings. The molecule has 1 saturated heterocycles. The minimum atomic E-state index is -0.200. The van der Waals surface area contributed by atoms with Gasteiger partial charge >= 0.3 is 6.03 Å². The van der Waals surface area contributed by atoms with Gasteiger partial charge in [0.05, 0.1) is 19.3 Å². The van der Waals surface area contributed by atoms with E-state index in [1.54, 1.807) is 0 Å². The number of ether oxygens (including phenoxy) is 2. The number of hydrogen-bond acceptors (Lipinski definition) is 4. The van der Waals surface area contributed by atoms with Crippen LogP contribution in [0.1, 0.15) is 45.6 Å². The van der Waals surface area contributed by atoms with Gasteiger partial charge in [0, 0.05) is 38.0 Å². The smallest absolute Gasteiger partial charge is 0.319 e. The second-order valence-corrected chi connectivity index (χ2v) is 7.64. The van der Waals surface area contributed by atoms with Gasteiger partial charge < -0.3 is 30.7 Å². The van der Waals surface area contributed by atoms with E-state index in [2.05, 4.69) is 26.3 Å². The van der Waals surface area contributed by atoms with Crippen molar-refractivity contribution in [3.8, 4) is 0 Å². The third kappa shape index (κ3) is 12.1. The summed E-state index contributed by atoms with van der Waals surface area (Å²) in [4.78, 5) is 16.4. The molecule has 1 aliphatic rings. The topological polar surface area (TPSA) is 96.0 Å². The van der Waals surface area contributed by atoms with E-state index in [0.29, 0.717) is 19.8 Å². The van der Waals surface area contributed by atoms with E-state index in [1.807, 2.05) is 45.0 Å². The Kier molecular flexibility index (Phi) is 14.3. The highest BCUT2D eigenvalue weighted by molar-refractivity contribution is 14.0. The molecular weight excluding hydrogens is 509 g/mol. The number of nitrogens with one attached hydrogen (secondary N) is 4.